The molecule has 0 amide bonds. The van der Waals surface area contributed by atoms with E-state index in [2.05, 4.69) is 41.1 Å². The third-order valence-electron chi connectivity index (χ3n) is 3.61. The van der Waals surface area contributed by atoms with Gasteiger partial charge in [-0.1, -0.05) is 18.2 Å². The number of nitrogens with zero attached hydrogens (tertiary/aromatic N) is 1. The summed E-state index contributed by atoms with van der Waals surface area (Å²) in [6.45, 7) is 4.50. The van der Waals surface area contributed by atoms with E-state index in [1.165, 1.54) is 10.9 Å². The molecule has 18 heavy (non-hydrogen) atoms. The molecular formula is C15H19NO2. The van der Waals surface area contributed by atoms with E-state index in [1.807, 2.05) is 6.92 Å². The topological polar surface area (TPSA) is 23.4 Å². The molecule has 1 aliphatic rings. The largest absolute Gasteiger partial charge is 0.348 e. The monoisotopic (exact) mass is 245 g/mol. The normalized spacial score (nSPS) is 18.5. The van der Waals surface area contributed by atoms with Crippen LogP contribution in [0, 0.1) is 0 Å². The van der Waals surface area contributed by atoms with E-state index in [0.29, 0.717) is 0 Å². The Morgan fingerprint density at radius 2 is 1.94 bits per heavy atom. The van der Waals surface area contributed by atoms with E-state index in [0.717, 1.165) is 32.6 Å². The van der Waals surface area contributed by atoms with Crippen molar-refractivity contribution in [2.75, 3.05) is 13.2 Å². The van der Waals surface area contributed by atoms with Gasteiger partial charge in [0.05, 0.1) is 13.2 Å². The lowest BCUT2D eigenvalue weighted by atomic mass is 10.1. The van der Waals surface area contributed by atoms with E-state index >= 15 is 0 Å². The number of aromatic nitrogens is 1. The lowest BCUT2D eigenvalue weighted by Crippen LogP contribution is -2.25. The fourth-order valence-electron chi connectivity index (χ4n) is 2.61. The van der Waals surface area contributed by atoms with Crippen molar-refractivity contribution in [3.63, 3.8) is 0 Å². The van der Waals surface area contributed by atoms with Crippen LogP contribution in [0.5, 0.6) is 0 Å². The average Bonchev–Trinajstić information content (AvgIpc) is 2.97. The summed E-state index contributed by atoms with van der Waals surface area (Å²) in [6, 6.07) is 10.6. The predicted molar refractivity (Wildman–Crippen MR) is 71.5 cm³/mol. The molecular weight excluding hydrogens is 226 g/mol. The number of aryl methyl sites for hydroxylation is 1. The van der Waals surface area contributed by atoms with E-state index in [-0.39, 0.29) is 5.79 Å². The molecule has 1 saturated heterocycles. The number of hydrogen-bond acceptors (Lipinski definition) is 2. The van der Waals surface area contributed by atoms with Gasteiger partial charge in [0.15, 0.2) is 5.79 Å². The average molecular weight is 245 g/mol. The Morgan fingerprint density at radius 3 is 2.78 bits per heavy atom. The van der Waals surface area contributed by atoms with Crippen molar-refractivity contribution < 1.29 is 9.47 Å². The van der Waals surface area contributed by atoms with Crippen molar-refractivity contribution >= 4 is 10.9 Å². The van der Waals surface area contributed by atoms with Crippen LogP contribution in [0.25, 0.3) is 10.9 Å². The van der Waals surface area contributed by atoms with E-state index in [4.69, 9.17) is 9.47 Å². The maximum atomic E-state index is 5.62. The zero-order chi connectivity index (χ0) is 12.4. The Bertz CT molecular complexity index is 526. The second-order valence-corrected chi connectivity index (χ2v) is 5.00. The van der Waals surface area contributed by atoms with E-state index in [1.54, 1.807) is 0 Å². The molecule has 0 atom stereocenters. The molecule has 2 heterocycles. The van der Waals surface area contributed by atoms with Gasteiger partial charge in [0.25, 0.3) is 0 Å². The number of benzene rings is 1. The minimum absolute atomic E-state index is 0.358. The van der Waals surface area contributed by atoms with Crippen molar-refractivity contribution in [3.8, 4) is 0 Å². The van der Waals surface area contributed by atoms with Crippen LogP contribution < -0.4 is 0 Å². The minimum Gasteiger partial charge on any atom is -0.348 e. The van der Waals surface area contributed by atoms with Crippen molar-refractivity contribution in [1.29, 1.82) is 0 Å². The molecule has 1 aromatic heterocycles. The fourth-order valence-corrected chi connectivity index (χ4v) is 2.61. The number of para-hydroxylation sites is 1. The summed E-state index contributed by atoms with van der Waals surface area (Å²) >= 11 is 0. The van der Waals surface area contributed by atoms with Gasteiger partial charge in [-0.15, -0.1) is 0 Å². The molecule has 0 aliphatic carbocycles. The zero-order valence-corrected chi connectivity index (χ0v) is 10.8. The SMILES string of the molecule is CC1(CCCn2ccc3ccccc32)OCCO1. The smallest absolute Gasteiger partial charge is 0.165 e. The first-order valence-electron chi connectivity index (χ1n) is 6.59. The number of rotatable bonds is 4. The molecule has 1 aliphatic heterocycles. The van der Waals surface area contributed by atoms with Gasteiger partial charge in [-0.3, -0.25) is 0 Å². The van der Waals surface area contributed by atoms with Gasteiger partial charge in [-0.05, 0) is 30.9 Å². The van der Waals surface area contributed by atoms with Crippen LogP contribution in [0.2, 0.25) is 0 Å². The van der Waals surface area contributed by atoms with Crippen LogP contribution in [0.3, 0.4) is 0 Å². The summed E-state index contributed by atoms with van der Waals surface area (Å²) in [5.74, 6) is -0.358. The second kappa shape index (κ2) is 4.75. The molecule has 0 radical (unpaired) electrons. The molecule has 0 saturated carbocycles. The quantitative estimate of drug-likeness (QED) is 0.826. The summed E-state index contributed by atoms with van der Waals surface area (Å²) in [7, 11) is 0. The fraction of sp³-hybridized carbons (Fsp3) is 0.467. The molecule has 3 rings (SSSR count). The molecule has 1 fully saturated rings. The van der Waals surface area contributed by atoms with Crippen molar-refractivity contribution in [3.05, 3.63) is 36.5 Å². The van der Waals surface area contributed by atoms with Crippen LogP contribution in [-0.4, -0.2) is 23.6 Å². The van der Waals surface area contributed by atoms with Crippen LogP contribution in [0.4, 0.5) is 0 Å². The molecule has 3 nitrogen and oxygen atoms in total. The maximum absolute atomic E-state index is 5.62. The summed E-state index contributed by atoms with van der Waals surface area (Å²) < 4.78 is 13.5. The highest BCUT2D eigenvalue weighted by Crippen LogP contribution is 2.25. The summed E-state index contributed by atoms with van der Waals surface area (Å²) in [4.78, 5) is 0. The Labute approximate surface area is 107 Å². The predicted octanol–water partition coefficient (Wildman–Crippen LogP) is 3.18. The van der Waals surface area contributed by atoms with E-state index < -0.39 is 0 Å². The van der Waals surface area contributed by atoms with Crippen LogP contribution in [-0.2, 0) is 16.0 Å². The highest BCUT2D eigenvalue weighted by atomic mass is 16.7. The van der Waals surface area contributed by atoms with Gasteiger partial charge < -0.3 is 14.0 Å². The zero-order valence-electron chi connectivity index (χ0n) is 10.8. The number of fused-ring (bicyclic) bond motifs is 1. The molecule has 96 valence electrons. The maximum Gasteiger partial charge on any atom is 0.165 e. The third kappa shape index (κ3) is 2.28. The van der Waals surface area contributed by atoms with Crippen LogP contribution in [0.1, 0.15) is 19.8 Å². The standard InChI is InChI=1S/C15H19NO2/c1-15(17-11-12-18-15)8-4-9-16-10-7-13-5-2-3-6-14(13)16/h2-3,5-7,10H,4,8-9,11-12H2,1H3. The molecule has 0 spiro atoms. The Morgan fingerprint density at radius 1 is 1.17 bits per heavy atom. The van der Waals surface area contributed by atoms with Gasteiger partial charge >= 0.3 is 0 Å². The minimum atomic E-state index is -0.358. The van der Waals surface area contributed by atoms with Crippen molar-refractivity contribution in [1.82, 2.24) is 4.57 Å². The van der Waals surface area contributed by atoms with Crippen LogP contribution >= 0.6 is 0 Å². The Kier molecular flexibility index (Phi) is 3.10. The number of hydrogen-bond donors (Lipinski definition) is 0. The first kappa shape index (κ1) is 11.8. The van der Waals surface area contributed by atoms with E-state index in [9.17, 15) is 0 Å². The van der Waals surface area contributed by atoms with Gasteiger partial charge in [0, 0.05) is 24.7 Å². The Balaban J connectivity index is 1.63. The van der Waals surface area contributed by atoms with Gasteiger partial charge in [0.2, 0.25) is 0 Å². The molecule has 1 aromatic carbocycles. The van der Waals surface area contributed by atoms with Crippen molar-refractivity contribution in [2.45, 2.75) is 32.1 Å². The molecule has 3 heteroatoms. The molecule has 0 unspecified atom stereocenters. The molecule has 0 N–H and O–H groups in total. The summed E-state index contributed by atoms with van der Waals surface area (Å²) in [6.07, 6.45) is 4.16. The Hall–Kier alpha value is -1.32. The molecule has 2 aromatic rings. The highest BCUT2D eigenvalue weighted by molar-refractivity contribution is 5.79. The van der Waals surface area contributed by atoms with Gasteiger partial charge in [0.1, 0.15) is 0 Å². The first-order valence-corrected chi connectivity index (χ1v) is 6.59. The lowest BCUT2D eigenvalue weighted by Gasteiger charge is -2.22. The first-order chi connectivity index (χ1) is 8.77. The van der Waals surface area contributed by atoms with Gasteiger partial charge in [-0.2, -0.15) is 0 Å². The summed E-state index contributed by atoms with van der Waals surface area (Å²) in [5, 5.41) is 1.30. The molecule has 0 bridgehead atoms. The number of ether oxygens (including phenoxy) is 2. The lowest BCUT2D eigenvalue weighted by molar-refractivity contribution is -0.147. The highest BCUT2D eigenvalue weighted by Gasteiger charge is 2.29. The third-order valence-corrected chi connectivity index (χ3v) is 3.61. The summed E-state index contributed by atoms with van der Waals surface area (Å²) in [5.41, 5.74) is 1.30. The van der Waals surface area contributed by atoms with Crippen molar-refractivity contribution in [2.24, 2.45) is 0 Å². The second-order valence-electron chi connectivity index (χ2n) is 5.00. The van der Waals surface area contributed by atoms with Gasteiger partial charge in [-0.25, -0.2) is 0 Å². The van der Waals surface area contributed by atoms with Crippen LogP contribution in [0.15, 0.2) is 36.5 Å².